The van der Waals surface area contributed by atoms with Crippen molar-refractivity contribution in [3.63, 3.8) is 0 Å². The van der Waals surface area contributed by atoms with Gasteiger partial charge in [0.05, 0.1) is 6.04 Å². The number of rotatable bonds is 3. The maximum Gasteiger partial charge on any atom is 0.231 e. The first kappa shape index (κ1) is 6.85. The van der Waals surface area contributed by atoms with Gasteiger partial charge in [0.2, 0.25) is 6.79 Å². The number of likely N-dealkylation sites (N-methyl/N-ethyl adjacent to an activating group) is 1. The normalized spacial score (nSPS) is 18.9. The molecule has 0 saturated heterocycles. The Bertz CT molecular complexity index is 473. The minimum Gasteiger partial charge on any atom is -0.454 e. The van der Waals surface area contributed by atoms with E-state index in [9.17, 15) is 4.79 Å². The summed E-state index contributed by atoms with van der Waals surface area (Å²) in [6.07, 6.45) is 0. The van der Waals surface area contributed by atoms with E-state index in [1.165, 1.54) is 6.92 Å². The molecule has 4 heteroatoms. The molecule has 4 nitrogen and oxygen atoms in total. The highest BCUT2D eigenvalue weighted by Gasteiger charge is 2.18. The lowest BCUT2D eigenvalue weighted by Gasteiger charge is -2.09. The first-order valence-corrected chi connectivity index (χ1v) is 4.58. The topological polar surface area (TPSA) is 47.6 Å². The van der Waals surface area contributed by atoms with Crippen molar-refractivity contribution in [2.24, 2.45) is 0 Å². The van der Waals surface area contributed by atoms with Gasteiger partial charge in [0, 0.05) is 9.68 Å². The number of hydrogen-bond donors (Lipinski definition) is 1. The molecular formula is C11H13NO3. The van der Waals surface area contributed by atoms with Crippen LogP contribution < -0.4 is 14.8 Å². The van der Waals surface area contributed by atoms with Gasteiger partial charge < -0.3 is 14.8 Å². The summed E-state index contributed by atoms with van der Waals surface area (Å²) < 4.78 is 31.5. The van der Waals surface area contributed by atoms with Crippen molar-refractivity contribution in [3.8, 4) is 11.5 Å². The fourth-order valence-electron chi connectivity index (χ4n) is 1.37. The Morgan fingerprint density at radius 3 is 3.13 bits per heavy atom. The Labute approximate surface area is 92.4 Å². The monoisotopic (exact) mass is 210 g/mol. The predicted molar refractivity (Wildman–Crippen MR) is 55.4 cm³/mol. The van der Waals surface area contributed by atoms with E-state index in [2.05, 4.69) is 5.32 Å². The summed E-state index contributed by atoms with van der Waals surface area (Å²) in [4.78, 5) is 12.0. The molecule has 15 heavy (non-hydrogen) atoms. The van der Waals surface area contributed by atoms with Crippen LogP contribution in [0.15, 0.2) is 18.2 Å². The van der Waals surface area contributed by atoms with E-state index in [1.54, 1.807) is 18.2 Å². The molecule has 0 saturated carbocycles. The third-order valence-corrected chi connectivity index (χ3v) is 2.27. The van der Waals surface area contributed by atoms with Crippen molar-refractivity contribution in [2.75, 3.05) is 13.8 Å². The van der Waals surface area contributed by atoms with Gasteiger partial charge in [0.15, 0.2) is 17.3 Å². The molecule has 1 heterocycles. The van der Waals surface area contributed by atoms with Gasteiger partial charge in [-0.2, -0.15) is 0 Å². The Balaban J connectivity index is 2.14. The Morgan fingerprint density at radius 2 is 2.33 bits per heavy atom. The quantitative estimate of drug-likeness (QED) is 0.762. The molecule has 1 aliphatic rings. The highest BCUT2D eigenvalue weighted by Crippen LogP contribution is 2.32. The summed E-state index contributed by atoms with van der Waals surface area (Å²) in [6, 6.07) is 3.99. The molecule has 1 aromatic rings. The van der Waals surface area contributed by atoms with E-state index in [4.69, 9.17) is 13.6 Å². The van der Waals surface area contributed by atoms with E-state index in [-0.39, 0.29) is 12.6 Å². The number of carbonyl (C=O) groups excluding carboxylic acids is 1. The van der Waals surface area contributed by atoms with Crippen LogP contribution in [0.5, 0.6) is 11.5 Å². The van der Waals surface area contributed by atoms with Crippen LogP contribution in [-0.4, -0.2) is 25.6 Å². The van der Waals surface area contributed by atoms with Crippen LogP contribution in [0, 0.1) is 0 Å². The van der Waals surface area contributed by atoms with Crippen LogP contribution in [0.3, 0.4) is 0 Å². The molecule has 0 spiro atoms. The lowest BCUT2D eigenvalue weighted by Crippen LogP contribution is -2.30. The summed E-state index contributed by atoms with van der Waals surface area (Å²) in [5.41, 5.74) is 0.392. The lowest BCUT2D eigenvalue weighted by atomic mass is 10.1. The van der Waals surface area contributed by atoms with Gasteiger partial charge in [0.1, 0.15) is 0 Å². The molecule has 0 bridgehead atoms. The number of Topliss-reactive ketones (excluding diaryl/α,β-unsaturated/α-hetero) is 1. The van der Waals surface area contributed by atoms with Crippen LogP contribution in [0.2, 0.25) is 0 Å². The van der Waals surface area contributed by atoms with E-state index in [0.29, 0.717) is 17.1 Å². The molecule has 1 aliphatic heterocycles. The van der Waals surface area contributed by atoms with Crippen LogP contribution in [0.1, 0.15) is 21.4 Å². The molecular weight excluding hydrogens is 194 g/mol. The molecule has 0 aromatic heterocycles. The largest absolute Gasteiger partial charge is 0.454 e. The fourth-order valence-corrected chi connectivity index (χ4v) is 1.37. The minimum atomic E-state index is -2.34. The standard InChI is InChI=1S/C11H13NO3/c1-7(12-2)11(13)8-3-4-9-10(5-8)15-6-14-9/h3-5,7,12H,6H2,1-2H3/t7-/m0/s1/i2D3. The summed E-state index contributed by atoms with van der Waals surface area (Å²) >= 11 is 0. The van der Waals surface area contributed by atoms with Crippen molar-refractivity contribution in [1.29, 1.82) is 0 Å². The van der Waals surface area contributed by atoms with Gasteiger partial charge in [-0.25, -0.2) is 0 Å². The molecule has 0 unspecified atom stereocenters. The van der Waals surface area contributed by atoms with Gasteiger partial charge in [-0.1, -0.05) is 0 Å². The zero-order valence-electron chi connectivity index (χ0n) is 11.2. The van der Waals surface area contributed by atoms with Gasteiger partial charge >= 0.3 is 0 Å². The average Bonchev–Trinajstić information content (AvgIpc) is 2.72. The Morgan fingerprint density at radius 1 is 1.53 bits per heavy atom. The predicted octanol–water partition coefficient (Wildman–Crippen LogP) is 1.21. The highest BCUT2D eigenvalue weighted by molar-refractivity contribution is 6.00. The van der Waals surface area contributed by atoms with Gasteiger partial charge in [0.25, 0.3) is 0 Å². The van der Waals surface area contributed by atoms with Crippen molar-refractivity contribution >= 4 is 5.78 Å². The number of hydrogen-bond acceptors (Lipinski definition) is 4. The molecule has 0 amide bonds. The van der Waals surface area contributed by atoms with Crippen molar-refractivity contribution in [3.05, 3.63) is 23.8 Å². The first-order valence-electron chi connectivity index (χ1n) is 6.08. The first-order chi connectivity index (χ1) is 8.37. The van der Waals surface area contributed by atoms with Gasteiger partial charge in [-0.15, -0.1) is 0 Å². The third-order valence-electron chi connectivity index (χ3n) is 2.27. The van der Waals surface area contributed by atoms with Crippen LogP contribution >= 0.6 is 0 Å². The number of nitrogens with one attached hydrogen (secondary N) is 1. The molecule has 0 radical (unpaired) electrons. The Kier molecular flexibility index (Phi) is 1.78. The van der Waals surface area contributed by atoms with Gasteiger partial charge in [-0.3, -0.25) is 4.79 Å². The summed E-state index contributed by atoms with van der Waals surface area (Å²) in [5.74, 6) is 0.786. The number of fused-ring (bicyclic) bond motifs is 1. The smallest absolute Gasteiger partial charge is 0.231 e. The van der Waals surface area contributed by atoms with Crippen molar-refractivity contribution < 1.29 is 18.4 Å². The SMILES string of the molecule is [2H]C([2H])([2H])N[C@@H](C)C(=O)c1ccc2c(c1)OCO2. The van der Waals surface area contributed by atoms with E-state index >= 15 is 0 Å². The molecule has 1 aromatic carbocycles. The number of benzene rings is 1. The zero-order chi connectivity index (χ0) is 13.3. The van der Waals surface area contributed by atoms with Crippen LogP contribution in [-0.2, 0) is 0 Å². The molecule has 80 valence electrons. The molecule has 1 atom stereocenters. The second-order valence-corrected chi connectivity index (χ2v) is 3.30. The maximum atomic E-state index is 12.0. The average molecular weight is 210 g/mol. The second-order valence-electron chi connectivity index (χ2n) is 3.30. The summed E-state index contributed by atoms with van der Waals surface area (Å²) in [6.45, 7) is -0.694. The molecule has 0 fully saturated rings. The fraction of sp³-hybridized carbons (Fsp3) is 0.364. The van der Waals surface area contributed by atoms with E-state index in [1.807, 2.05) is 0 Å². The van der Waals surface area contributed by atoms with Crippen molar-refractivity contribution in [2.45, 2.75) is 13.0 Å². The van der Waals surface area contributed by atoms with E-state index in [0.717, 1.165) is 0 Å². The molecule has 0 aliphatic carbocycles. The van der Waals surface area contributed by atoms with Crippen LogP contribution in [0.4, 0.5) is 0 Å². The minimum absolute atomic E-state index is 0.135. The third kappa shape index (κ3) is 1.80. The number of ether oxygens (including phenoxy) is 2. The van der Waals surface area contributed by atoms with Crippen LogP contribution in [0.25, 0.3) is 0 Å². The zero-order valence-corrected chi connectivity index (χ0v) is 8.24. The number of ketones is 1. The maximum absolute atomic E-state index is 12.0. The summed E-state index contributed by atoms with van der Waals surface area (Å²) in [7, 11) is 0. The van der Waals surface area contributed by atoms with Crippen molar-refractivity contribution in [1.82, 2.24) is 5.32 Å². The summed E-state index contributed by atoms with van der Waals surface area (Å²) in [5, 5.41) is 2.26. The number of carbonyl (C=O) groups is 1. The lowest BCUT2D eigenvalue weighted by molar-refractivity contribution is 0.0954. The van der Waals surface area contributed by atoms with Gasteiger partial charge in [-0.05, 0) is 32.1 Å². The molecule has 1 N–H and O–H groups in total. The van der Waals surface area contributed by atoms with E-state index < -0.39 is 13.0 Å². The second kappa shape index (κ2) is 3.90. The Hall–Kier alpha value is -1.55. The highest BCUT2D eigenvalue weighted by atomic mass is 16.7. The molecule has 2 rings (SSSR count).